The molecular formula is C32H47Cl2P. The molecule has 0 amide bonds. The summed E-state index contributed by atoms with van der Waals surface area (Å²) in [6, 6.07) is 34.1. The molecule has 0 aliphatic rings. The van der Waals surface area contributed by atoms with Crippen molar-refractivity contribution >= 4 is 48.0 Å². The molecule has 0 nitrogen and oxygen atoms in total. The number of halogens is 2. The van der Waals surface area contributed by atoms with Crippen molar-refractivity contribution in [2.45, 2.75) is 84.0 Å². The van der Waals surface area contributed by atoms with Crippen molar-refractivity contribution in [3.05, 3.63) is 91.0 Å². The molecule has 3 aromatic rings. The summed E-state index contributed by atoms with van der Waals surface area (Å²) in [5, 5.41) is 4.64. The summed E-state index contributed by atoms with van der Waals surface area (Å²) in [5.74, 6) is 0. The van der Waals surface area contributed by atoms with E-state index in [1.165, 1.54) is 83.2 Å². The minimum Gasteiger partial charge on any atom is -0.147 e. The molecule has 0 aliphatic carbocycles. The Hall–Kier alpha value is -1.33. The van der Waals surface area contributed by atoms with E-state index in [1.54, 1.807) is 15.9 Å². The van der Waals surface area contributed by atoms with Gasteiger partial charge in [-0.25, -0.2) is 0 Å². The van der Waals surface area contributed by atoms with Gasteiger partial charge in [-0.15, -0.1) is 24.8 Å². The van der Waals surface area contributed by atoms with Crippen LogP contribution in [0.2, 0.25) is 0 Å². The number of unbranched alkanes of at least 4 members (excludes halogenated alkanes) is 11. The summed E-state index contributed by atoms with van der Waals surface area (Å²) in [6.07, 6.45) is 18.2. The maximum Gasteiger partial charge on any atom is -0.147 e. The minimum atomic E-state index is -2.02. The predicted molar refractivity (Wildman–Crippen MR) is 167 cm³/mol. The van der Waals surface area contributed by atoms with Crippen LogP contribution in [0.1, 0.15) is 84.0 Å². The average molecular weight is 534 g/mol. The van der Waals surface area contributed by atoms with E-state index in [9.17, 15) is 0 Å². The Morgan fingerprint density at radius 1 is 0.400 bits per heavy atom. The zero-order valence-electron chi connectivity index (χ0n) is 21.7. The van der Waals surface area contributed by atoms with Crippen LogP contribution in [0.15, 0.2) is 91.0 Å². The van der Waals surface area contributed by atoms with Crippen LogP contribution in [0.4, 0.5) is 0 Å². The number of benzene rings is 3. The SMILES string of the molecule is CCCCCCCCCCCCCC[PH](c1ccccc1)(c1ccccc1)c1ccccc1.Cl.Cl. The summed E-state index contributed by atoms with van der Waals surface area (Å²) in [7, 11) is -2.02. The van der Waals surface area contributed by atoms with Gasteiger partial charge in [0.2, 0.25) is 0 Å². The van der Waals surface area contributed by atoms with E-state index in [2.05, 4.69) is 97.9 Å². The second-order valence-corrected chi connectivity index (χ2v) is 13.7. The third-order valence-electron chi connectivity index (χ3n) is 7.21. The summed E-state index contributed by atoms with van der Waals surface area (Å²) < 4.78 is 0. The molecule has 0 aliphatic heterocycles. The van der Waals surface area contributed by atoms with Gasteiger partial charge < -0.3 is 0 Å². The Kier molecular flexibility index (Phi) is 17.1. The van der Waals surface area contributed by atoms with Gasteiger partial charge in [-0.2, -0.15) is 0 Å². The smallest absolute Gasteiger partial charge is 0.147 e. The summed E-state index contributed by atoms with van der Waals surface area (Å²) in [5.41, 5.74) is 0. The summed E-state index contributed by atoms with van der Waals surface area (Å²) >= 11 is 0. The normalized spacial score (nSPS) is 11.3. The third-order valence-corrected chi connectivity index (χ3v) is 12.3. The average Bonchev–Trinajstić information content (AvgIpc) is 2.89. The fraction of sp³-hybridized carbons (Fsp3) is 0.438. The standard InChI is InChI=1S/C32H45P.2ClH/c1-2-3-4-5-6-7-8-9-10-11-12-22-29-33(30-23-16-13-17-24-30,31-25-18-14-19-26-31)32-27-20-15-21-28-32;;/h13-21,23-28,33H,2-12,22,29H2,1H3;2*1H. The van der Waals surface area contributed by atoms with Gasteiger partial charge in [-0.3, -0.25) is 0 Å². The fourth-order valence-corrected chi connectivity index (χ4v) is 10.3. The summed E-state index contributed by atoms with van der Waals surface area (Å²) in [4.78, 5) is 0. The van der Waals surface area contributed by atoms with Crippen molar-refractivity contribution in [1.82, 2.24) is 0 Å². The van der Waals surface area contributed by atoms with Crippen LogP contribution in [0.25, 0.3) is 0 Å². The Bertz CT molecular complexity index is 771. The van der Waals surface area contributed by atoms with Crippen LogP contribution in [-0.4, -0.2) is 6.16 Å². The molecule has 0 spiro atoms. The van der Waals surface area contributed by atoms with Crippen molar-refractivity contribution < 1.29 is 0 Å². The maximum absolute atomic E-state index is 2.38. The first-order chi connectivity index (χ1) is 16.4. The molecule has 0 fully saturated rings. The molecule has 3 heteroatoms. The first-order valence-electron chi connectivity index (χ1n) is 13.5. The van der Waals surface area contributed by atoms with Crippen LogP contribution in [-0.2, 0) is 0 Å². The van der Waals surface area contributed by atoms with Gasteiger partial charge in [-0.05, 0) is 0 Å². The van der Waals surface area contributed by atoms with Gasteiger partial charge in [-0.1, -0.05) is 13.3 Å². The van der Waals surface area contributed by atoms with Crippen LogP contribution < -0.4 is 15.9 Å². The molecule has 0 aromatic heterocycles. The van der Waals surface area contributed by atoms with Crippen molar-refractivity contribution in [3.8, 4) is 0 Å². The Balaban J connectivity index is 0.00000306. The molecule has 0 bridgehead atoms. The number of rotatable bonds is 16. The van der Waals surface area contributed by atoms with Crippen molar-refractivity contribution in [2.24, 2.45) is 0 Å². The van der Waals surface area contributed by atoms with Gasteiger partial charge in [0, 0.05) is 0 Å². The van der Waals surface area contributed by atoms with Gasteiger partial charge in [0.15, 0.2) is 0 Å². The molecule has 0 unspecified atom stereocenters. The zero-order valence-corrected chi connectivity index (χ0v) is 24.3. The molecule has 0 heterocycles. The molecular weight excluding hydrogens is 486 g/mol. The maximum atomic E-state index is 2.38. The fourth-order valence-electron chi connectivity index (χ4n) is 5.33. The molecule has 35 heavy (non-hydrogen) atoms. The Labute approximate surface area is 228 Å². The van der Waals surface area contributed by atoms with Crippen LogP contribution in [0, 0.1) is 0 Å². The molecule has 194 valence electrons. The van der Waals surface area contributed by atoms with Gasteiger partial charge in [0.05, 0.1) is 0 Å². The van der Waals surface area contributed by atoms with Gasteiger partial charge in [0.1, 0.15) is 0 Å². The Morgan fingerprint density at radius 3 is 1.00 bits per heavy atom. The molecule has 0 atom stereocenters. The second kappa shape index (κ2) is 18.9. The largest absolute Gasteiger partial charge is 0.147 e. The van der Waals surface area contributed by atoms with Crippen molar-refractivity contribution in [2.75, 3.05) is 6.16 Å². The van der Waals surface area contributed by atoms with E-state index in [0.717, 1.165) is 0 Å². The van der Waals surface area contributed by atoms with Crippen LogP contribution in [0.5, 0.6) is 0 Å². The van der Waals surface area contributed by atoms with E-state index < -0.39 is 7.26 Å². The van der Waals surface area contributed by atoms with Crippen molar-refractivity contribution in [3.63, 3.8) is 0 Å². The van der Waals surface area contributed by atoms with Crippen LogP contribution in [0.3, 0.4) is 0 Å². The summed E-state index contributed by atoms with van der Waals surface area (Å²) in [6.45, 7) is 2.30. The van der Waals surface area contributed by atoms with Crippen LogP contribution >= 0.6 is 32.1 Å². The van der Waals surface area contributed by atoms with Gasteiger partial charge >= 0.3 is 191 Å². The van der Waals surface area contributed by atoms with E-state index in [-0.39, 0.29) is 24.8 Å². The third kappa shape index (κ3) is 9.92. The first kappa shape index (κ1) is 31.7. The first-order valence-corrected chi connectivity index (χ1v) is 15.7. The second-order valence-electron chi connectivity index (χ2n) is 9.64. The molecule has 3 rings (SSSR count). The number of hydrogen-bond acceptors (Lipinski definition) is 0. The van der Waals surface area contributed by atoms with E-state index >= 15 is 0 Å². The quantitative estimate of drug-likeness (QED) is 0.127. The van der Waals surface area contributed by atoms with E-state index in [1.807, 2.05) is 0 Å². The molecule has 0 saturated carbocycles. The predicted octanol–water partition coefficient (Wildman–Crippen LogP) is 9.26. The monoisotopic (exact) mass is 532 g/mol. The minimum absolute atomic E-state index is 0. The Morgan fingerprint density at radius 2 is 0.686 bits per heavy atom. The molecule has 0 radical (unpaired) electrons. The topological polar surface area (TPSA) is 0 Å². The van der Waals surface area contributed by atoms with Gasteiger partial charge in [0.25, 0.3) is 0 Å². The molecule has 3 aromatic carbocycles. The number of hydrogen-bond donors (Lipinski definition) is 0. The van der Waals surface area contributed by atoms with E-state index in [0.29, 0.717) is 0 Å². The molecule has 0 N–H and O–H groups in total. The van der Waals surface area contributed by atoms with Crippen molar-refractivity contribution in [1.29, 1.82) is 0 Å². The molecule has 0 saturated heterocycles. The van der Waals surface area contributed by atoms with E-state index in [4.69, 9.17) is 0 Å². The zero-order chi connectivity index (χ0) is 23.0.